The van der Waals surface area contributed by atoms with Gasteiger partial charge >= 0.3 is 0 Å². The number of carbonyl (C=O) groups excluding carboxylic acids is 2. The van der Waals surface area contributed by atoms with Crippen molar-refractivity contribution >= 4 is 23.2 Å². The summed E-state index contributed by atoms with van der Waals surface area (Å²) in [6.07, 6.45) is 1.30. The highest BCUT2D eigenvalue weighted by Crippen LogP contribution is 2.23. The van der Waals surface area contributed by atoms with E-state index in [-0.39, 0.29) is 11.8 Å². The Bertz CT molecular complexity index is 702. The monoisotopic (exact) mass is 370 g/mol. The van der Waals surface area contributed by atoms with Crippen LogP contribution in [0.3, 0.4) is 0 Å². The molecule has 0 aliphatic heterocycles. The molecule has 0 aliphatic carbocycles. The minimum absolute atomic E-state index is 0.212. The molecule has 8 N–H and O–H groups in total. The van der Waals surface area contributed by atoms with Crippen LogP contribution in [-0.4, -0.2) is 24.9 Å². The van der Waals surface area contributed by atoms with Gasteiger partial charge in [0.25, 0.3) is 0 Å². The molecule has 0 aliphatic rings. The molecule has 0 saturated carbocycles. The Labute approximate surface area is 158 Å². The van der Waals surface area contributed by atoms with Gasteiger partial charge in [-0.3, -0.25) is 20.4 Å². The zero-order chi connectivity index (χ0) is 19.5. The van der Waals surface area contributed by atoms with E-state index in [4.69, 9.17) is 11.7 Å². The van der Waals surface area contributed by atoms with Gasteiger partial charge in [0.15, 0.2) is 0 Å². The van der Waals surface area contributed by atoms with Crippen molar-refractivity contribution in [3.05, 3.63) is 59.7 Å². The summed E-state index contributed by atoms with van der Waals surface area (Å²) in [5.74, 6) is 9.78. The van der Waals surface area contributed by atoms with E-state index in [2.05, 4.69) is 21.5 Å². The molecule has 2 aromatic carbocycles. The lowest BCUT2D eigenvalue weighted by molar-refractivity contribution is -0.121. The highest BCUT2D eigenvalue weighted by atomic mass is 16.2. The molecule has 8 nitrogen and oxygen atoms in total. The van der Waals surface area contributed by atoms with Crippen LogP contribution in [0.5, 0.6) is 0 Å². The van der Waals surface area contributed by atoms with Gasteiger partial charge < -0.3 is 10.6 Å². The lowest BCUT2D eigenvalue weighted by Crippen LogP contribution is -2.31. The topological polar surface area (TPSA) is 134 Å². The maximum atomic E-state index is 11.3. The number of para-hydroxylation sites is 2. The minimum atomic E-state index is -0.212. The summed E-state index contributed by atoms with van der Waals surface area (Å²) < 4.78 is 0. The van der Waals surface area contributed by atoms with Crippen LogP contribution in [0.2, 0.25) is 0 Å². The first kappa shape index (κ1) is 20.2. The minimum Gasteiger partial charge on any atom is -0.384 e. The average Bonchev–Trinajstić information content (AvgIpc) is 2.70. The number of benzene rings is 2. The van der Waals surface area contributed by atoms with Gasteiger partial charge in [0, 0.05) is 43.7 Å². The molecule has 0 bridgehead atoms. The van der Waals surface area contributed by atoms with Gasteiger partial charge in [-0.15, -0.1) is 0 Å². The average molecular weight is 370 g/mol. The smallest absolute Gasteiger partial charge is 0.235 e. The molecule has 27 heavy (non-hydrogen) atoms. The van der Waals surface area contributed by atoms with Crippen molar-refractivity contribution in [1.29, 1.82) is 0 Å². The van der Waals surface area contributed by atoms with Crippen LogP contribution in [0.1, 0.15) is 24.0 Å². The number of anilines is 2. The van der Waals surface area contributed by atoms with Gasteiger partial charge in [-0.1, -0.05) is 36.4 Å². The summed E-state index contributed by atoms with van der Waals surface area (Å²) in [5, 5.41) is 6.56. The Morgan fingerprint density at radius 3 is 1.52 bits per heavy atom. The van der Waals surface area contributed by atoms with Crippen molar-refractivity contribution in [2.75, 3.05) is 23.7 Å². The summed E-state index contributed by atoms with van der Waals surface area (Å²) in [7, 11) is 0. The lowest BCUT2D eigenvalue weighted by atomic mass is 10.0. The summed E-state index contributed by atoms with van der Waals surface area (Å²) in [4.78, 5) is 22.5. The van der Waals surface area contributed by atoms with Gasteiger partial charge in [0.2, 0.25) is 11.8 Å². The molecule has 0 unspecified atom stereocenters. The molecule has 8 heteroatoms. The van der Waals surface area contributed by atoms with E-state index in [1.807, 2.05) is 48.5 Å². The Morgan fingerprint density at radius 2 is 1.11 bits per heavy atom. The summed E-state index contributed by atoms with van der Waals surface area (Å²) >= 11 is 0. The van der Waals surface area contributed by atoms with Crippen molar-refractivity contribution in [2.45, 2.75) is 19.3 Å². The Balaban J connectivity index is 2.04. The second-order valence-electron chi connectivity index (χ2n) is 5.98. The van der Waals surface area contributed by atoms with E-state index < -0.39 is 0 Å². The highest BCUT2D eigenvalue weighted by molar-refractivity contribution is 5.76. The predicted octanol–water partition coefficient (Wildman–Crippen LogP) is 0.861. The largest absolute Gasteiger partial charge is 0.384 e. The highest BCUT2D eigenvalue weighted by Gasteiger charge is 2.08. The zero-order valence-corrected chi connectivity index (χ0v) is 15.1. The number of amides is 2. The fourth-order valence-electron chi connectivity index (χ4n) is 2.66. The second-order valence-corrected chi connectivity index (χ2v) is 5.98. The molecular formula is C19H26N6O2. The van der Waals surface area contributed by atoms with Crippen LogP contribution in [0.4, 0.5) is 11.4 Å². The number of rotatable bonds is 10. The molecule has 0 radical (unpaired) electrons. The Kier molecular flexibility index (Phi) is 8.08. The molecule has 0 heterocycles. The van der Waals surface area contributed by atoms with Crippen LogP contribution in [0.15, 0.2) is 48.5 Å². The van der Waals surface area contributed by atoms with E-state index in [0.717, 1.165) is 22.5 Å². The van der Waals surface area contributed by atoms with Gasteiger partial charge in [0.05, 0.1) is 0 Å². The van der Waals surface area contributed by atoms with Crippen LogP contribution in [-0.2, 0) is 16.0 Å². The van der Waals surface area contributed by atoms with Crippen molar-refractivity contribution in [2.24, 2.45) is 11.7 Å². The standard InChI is InChI=1S/C19H26N6O2/c20-24-18(26)9-11-22-16-7-3-1-5-14(16)13-15-6-2-4-8-17(15)23-12-10-19(27)25-21/h1-8,22-23H,9-13,20-21H2,(H,24,26)(H,25,27). The van der Waals surface area contributed by atoms with E-state index in [1.165, 1.54) is 0 Å². The molecule has 0 spiro atoms. The summed E-state index contributed by atoms with van der Waals surface area (Å²) in [5.41, 5.74) is 8.41. The molecule has 0 aromatic heterocycles. The maximum Gasteiger partial charge on any atom is 0.235 e. The lowest BCUT2D eigenvalue weighted by Gasteiger charge is -2.15. The SMILES string of the molecule is NNC(=O)CCNc1ccccc1Cc1ccccc1NCCC(=O)NN. The molecule has 2 rings (SSSR count). The fraction of sp³-hybridized carbons (Fsp3) is 0.263. The third kappa shape index (κ3) is 6.61. The number of hydrogen-bond donors (Lipinski definition) is 6. The number of hydrazine groups is 2. The van der Waals surface area contributed by atoms with Crippen LogP contribution in [0, 0.1) is 0 Å². The van der Waals surface area contributed by atoms with Crippen LogP contribution in [0.25, 0.3) is 0 Å². The van der Waals surface area contributed by atoms with Crippen LogP contribution < -0.4 is 33.2 Å². The van der Waals surface area contributed by atoms with Crippen LogP contribution >= 0.6 is 0 Å². The van der Waals surface area contributed by atoms with Crippen molar-refractivity contribution < 1.29 is 9.59 Å². The van der Waals surface area contributed by atoms with Gasteiger partial charge in [-0.05, 0) is 23.3 Å². The molecular weight excluding hydrogens is 344 g/mol. The summed E-state index contributed by atoms with van der Waals surface area (Å²) in [6.45, 7) is 0.988. The van der Waals surface area contributed by atoms with Crippen molar-refractivity contribution in [3.8, 4) is 0 Å². The second kappa shape index (κ2) is 10.8. The summed E-state index contributed by atoms with van der Waals surface area (Å²) in [6, 6.07) is 15.9. The first-order valence-electron chi connectivity index (χ1n) is 8.76. The quantitative estimate of drug-likeness (QED) is 0.209. The molecule has 2 aromatic rings. The zero-order valence-electron chi connectivity index (χ0n) is 15.1. The van der Waals surface area contributed by atoms with E-state index in [1.54, 1.807) is 0 Å². The normalized spacial score (nSPS) is 10.1. The van der Waals surface area contributed by atoms with Gasteiger partial charge in [0.1, 0.15) is 0 Å². The van der Waals surface area contributed by atoms with Gasteiger partial charge in [-0.25, -0.2) is 11.7 Å². The third-order valence-corrected chi connectivity index (χ3v) is 4.07. The van der Waals surface area contributed by atoms with E-state index in [9.17, 15) is 9.59 Å². The molecule has 144 valence electrons. The number of hydrogen-bond acceptors (Lipinski definition) is 6. The van der Waals surface area contributed by atoms with E-state index >= 15 is 0 Å². The number of nitrogens with two attached hydrogens (primary N) is 2. The van der Waals surface area contributed by atoms with Crippen molar-refractivity contribution in [3.63, 3.8) is 0 Å². The first-order valence-corrected chi connectivity index (χ1v) is 8.76. The first-order chi connectivity index (χ1) is 13.1. The molecule has 0 saturated heterocycles. The molecule has 0 fully saturated rings. The van der Waals surface area contributed by atoms with Gasteiger partial charge in [-0.2, -0.15) is 0 Å². The maximum absolute atomic E-state index is 11.3. The van der Waals surface area contributed by atoms with Crippen molar-refractivity contribution in [1.82, 2.24) is 10.9 Å². The fourth-order valence-corrected chi connectivity index (χ4v) is 2.66. The molecule has 2 amide bonds. The Morgan fingerprint density at radius 1 is 0.704 bits per heavy atom. The number of carbonyl (C=O) groups is 2. The van der Waals surface area contributed by atoms with E-state index in [0.29, 0.717) is 32.4 Å². The number of nitrogens with one attached hydrogen (secondary N) is 4. The predicted molar refractivity (Wildman–Crippen MR) is 107 cm³/mol. The third-order valence-electron chi connectivity index (χ3n) is 4.07. The Hall–Kier alpha value is -3.10. The molecule has 0 atom stereocenters.